The zero-order chi connectivity index (χ0) is 42.1. The average molecular weight is 813 g/mol. The number of allylic oxidation sites excluding steroid dienone is 1. The van der Waals surface area contributed by atoms with Gasteiger partial charge in [-0.15, -0.1) is 0 Å². The van der Waals surface area contributed by atoms with Gasteiger partial charge in [0, 0.05) is 32.1 Å². The van der Waals surface area contributed by atoms with Gasteiger partial charge in [0.15, 0.2) is 5.78 Å². The molecule has 1 spiro atoms. The van der Waals surface area contributed by atoms with E-state index in [9.17, 15) is 42.7 Å². The molecule has 10 atom stereocenters. The van der Waals surface area contributed by atoms with Crippen molar-refractivity contribution in [2.75, 3.05) is 32.8 Å². The molecule has 15 nitrogen and oxygen atoms in total. The lowest BCUT2D eigenvalue weighted by atomic mass is 9.88. The molecule has 4 heterocycles. The summed E-state index contributed by atoms with van der Waals surface area (Å²) < 4.78 is 34.3. The number of rotatable bonds is 9. The van der Waals surface area contributed by atoms with Crippen LogP contribution in [0.15, 0.2) is 30.4 Å². The molecule has 1 aromatic rings. The Balaban J connectivity index is 1.41. The van der Waals surface area contributed by atoms with Crippen LogP contribution in [-0.4, -0.2) is 136 Å². The largest absolute Gasteiger partial charge is 0.391 e. The number of nitrogens with zero attached hydrogens (tertiary/aromatic N) is 3. The van der Waals surface area contributed by atoms with E-state index in [1.54, 1.807) is 13.0 Å². The first-order valence-corrected chi connectivity index (χ1v) is 20.3. The summed E-state index contributed by atoms with van der Waals surface area (Å²) in [4.78, 5) is 103. The first-order chi connectivity index (χ1) is 27.6. The zero-order valence-electron chi connectivity index (χ0n) is 33.4. The number of amides is 6. The van der Waals surface area contributed by atoms with E-state index in [1.165, 1.54) is 27.7 Å². The zero-order valence-corrected chi connectivity index (χ0v) is 33.4. The van der Waals surface area contributed by atoms with Gasteiger partial charge in [-0.2, -0.15) is 0 Å². The van der Waals surface area contributed by atoms with Crippen LogP contribution < -0.4 is 16.0 Å². The maximum absolute atomic E-state index is 15.1. The van der Waals surface area contributed by atoms with Crippen molar-refractivity contribution in [2.24, 2.45) is 17.8 Å². The monoisotopic (exact) mass is 812 g/mol. The summed E-state index contributed by atoms with van der Waals surface area (Å²) >= 11 is 0. The van der Waals surface area contributed by atoms with Crippen LogP contribution in [-0.2, 0) is 44.7 Å². The van der Waals surface area contributed by atoms with Crippen molar-refractivity contribution in [1.29, 1.82) is 0 Å². The SMILES string of the molecule is CCCC/C=C/C(=O)N[C@@H](Cc1cc(F)cc(F)c1)C(=O)N[C@@H]1C(=O)N2C[C@H](O)CC[C@H]2C(=O)N2CCOC[C@H]2C(=O)N[C@@H](C)C(=O)N2C[C@H](C)CC23C(=O)C3[C@H]1C. The number of carbonyl (C=O) groups excluding carboxylic acids is 7. The lowest BCUT2D eigenvalue weighted by Gasteiger charge is -2.44. The van der Waals surface area contributed by atoms with Crippen molar-refractivity contribution < 1.29 is 52.2 Å². The van der Waals surface area contributed by atoms with Gasteiger partial charge >= 0.3 is 0 Å². The number of piperidine rings is 1. The van der Waals surface area contributed by atoms with E-state index in [0.717, 1.165) is 25.0 Å². The molecule has 1 saturated carbocycles. The highest BCUT2D eigenvalue weighted by atomic mass is 19.1. The molecule has 0 aromatic heterocycles. The first-order valence-electron chi connectivity index (χ1n) is 20.3. The quantitative estimate of drug-likeness (QED) is 0.206. The molecular formula is C41H54F2N6O9. The molecule has 316 valence electrons. The highest BCUT2D eigenvalue weighted by Gasteiger charge is 2.74. The van der Waals surface area contributed by atoms with E-state index in [1.807, 2.05) is 13.8 Å². The van der Waals surface area contributed by atoms with Crippen LogP contribution in [0.4, 0.5) is 8.78 Å². The molecule has 5 aliphatic rings. The molecule has 58 heavy (non-hydrogen) atoms. The summed E-state index contributed by atoms with van der Waals surface area (Å²) in [7, 11) is 0. The molecule has 6 amide bonds. The minimum atomic E-state index is -1.54. The number of aliphatic hydroxyl groups excluding tert-OH is 1. The number of aliphatic hydroxyl groups is 1. The molecular weight excluding hydrogens is 758 g/mol. The van der Waals surface area contributed by atoms with E-state index in [4.69, 9.17) is 4.74 Å². The number of hydrogen-bond donors (Lipinski definition) is 4. The van der Waals surface area contributed by atoms with Crippen LogP contribution in [0.1, 0.15) is 71.8 Å². The number of Topliss-reactive ketones (excluding diaryl/α,β-unsaturated/α-hetero) is 1. The minimum absolute atomic E-state index is 0.00910. The number of fused-ring (bicyclic) bond motifs is 2. The number of ether oxygens (including phenoxy) is 1. The maximum atomic E-state index is 15.1. The second-order valence-corrected chi connectivity index (χ2v) is 16.5. The van der Waals surface area contributed by atoms with Crippen molar-refractivity contribution >= 4 is 41.2 Å². The number of nitrogens with one attached hydrogen (secondary N) is 3. The number of halogens is 2. The molecule has 6 rings (SSSR count). The number of carbonyl (C=O) groups is 7. The number of benzene rings is 1. The molecule has 1 aliphatic carbocycles. The fraction of sp³-hybridized carbons (Fsp3) is 0.634. The Morgan fingerprint density at radius 3 is 2.43 bits per heavy atom. The van der Waals surface area contributed by atoms with Gasteiger partial charge < -0.3 is 40.5 Å². The summed E-state index contributed by atoms with van der Waals surface area (Å²) in [6.45, 7) is 6.81. The molecule has 4 saturated heterocycles. The molecule has 4 aliphatic heterocycles. The predicted molar refractivity (Wildman–Crippen MR) is 203 cm³/mol. The molecule has 0 bridgehead atoms. The van der Waals surface area contributed by atoms with Gasteiger partial charge in [0.2, 0.25) is 35.4 Å². The number of unbranched alkanes of at least 4 members (excludes halogenated alkanes) is 2. The second kappa shape index (κ2) is 17.6. The molecule has 5 fully saturated rings. The van der Waals surface area contributed by atoms with Crippen LogP contribution in [0.2, 0.25) is 0 Å². The maximum Gasteiger partial charge on any atom is 0.246 e. The van der Waals surface area contributed by atoms with Crippen molar-refractivity contribution in [1.82, 2.24) is 30.7 Å². The van der Waals surface area contributed by atoms with Gasteiger partial charge in [-0.05, 0) is 68.2 Å². The predicted octanol–water partition coefficient (Wildman–Crippen LogP) is 0.763. The molecule has 4 N–H and O–H groups in total. The Hall–Kier alpha value is -4.77. The lowest BCUT2D eigenvalue weighted by Crippen LogP contribution is -2.65. The Labute approximate surface area is 336 Å². The van der Waals surface area contributed by atoms with Gasteiger partial charge in [-0.3, -0.25) is 33.6 Å². The summed E-state index contributed by atoms with van der Waals surface area (Å²) in [6.07, 6.45) is 4.20. The summed E-state index contributed by atoms with van der Waals surface area (Å²) in [6, 6.07) is -3.70. The van der Waals surface area contributed by atoms with Crippen LogP contribution >= 0.6 is 0 Å². The third-order valence-corrected chi connectivity index (χ3v) is 12.2. The standard InChI is InChI=1S/C41H54F2N6O9/c1-5-6-7-8-9-32(51)45-29(16-25-14-26(42)17-27(43)15-25)36(53)46-34-23(3)33-35(52)41(33)18-22(2)19-49(41)38(55)24(4)44-37(54)31-21-58-13-12-47(31)39(56)30-11-10-28(50)20-48(30)40(34)57/h8-9,14-15,17,22-24,28-31,33-34,50H,5-7,10-13,16,18-21H2,1-4H3,(H,44,54)(H,45,51)(H,46,53)/b9-8+/t22-,23-,24+,28-,29+,30+,31+,33?,34+,41?/m1/s1. The lowest BCUT2D eigenvalue weighted by molar-refractivity contribution is -0.160. The Morgan fingerprint density at radius 1 is 1.00 bits per heavy atom. The third-order valence-electron chi connectivity index (χ3n) is 12.2. The van der Waals surface area contributed by atoms with Crippen molar-refractivity contribution in [3.8, 4) is 0 Å². The van der Waals surface area contributed by atoms with Crippen molar-refractivity contribution in [3.63, 3.8) is 0 Å². The van der Waals surface area contributed by atoms with Crippen molar-refractivity contribution in [2.45, 2.75) is 114 Å². The van der Waals surface area contributed by atoms with E-state index in [2.05, 4.69) is 16.0 Å². The van der Waals surface area contributed by atoms with Gasteiger partial charge in [0.1, 0.15) is 47.4 Å². The highest BCUT2D eigenvalue weighted by molar-refractivity contribution is 6.12. The van der Waals surface area contributed by atoms with E-state index in [-0.39, 0.29) is 75.8 Å². The Kier molecular flexibility index (Phi) is 13.0. The van der Waals surface area contributed by atoms with Gasteiger partial charge in [0.05, 0.1) is 25.2 Å². The summed E-state index contributed by atoms with van der Waals surface area (Å²) in [5.74, 6) is -8.33. The van der Waals surface area contributed by atoms with Gasteiger partial charge in [0.25, 0.3) is 0 Å². The molecule has 2 unspecified atom stereocenters. The van der Waals surface area contributed by atoms with Crippen LogP contribution in [0.5, 0.6) is 0 Å². The summed E-state index contributed by atoms with van der Waals surface area (Å²) in [5.41, 5.74) is -1.30. The van der Waals surface area contributed by atoms with E-state index in [0.29, 0.717) is 12.5 Å². The van der Waals surface area contributed by atoms with Crippen LogP contribution in [0, 0.1) is 29.4 Å². The fourth-order valence-corrected chi connectivity index (χ4v) is 9.31. The normalized spacial score (nSPS) is 32.3. The highest BCUT2D eigenvalue weighted by Crippen LogP contribution is 2.57. The average Bonchev–Trinajstić information content (AvgIpc) is 3.59. The topological polar surface area (TPSA) is 195 Å². The van der Waals surface area contributed by atoms with Gasteiger partial charge in [-0.1, -0.05) is 39.7 Å². The smallest absolute Gasteiger partial charge is 0.246 e. The number of hydrogen-bond acceptors (Lipinski definition) is 9. The van der Waals surface area contributed by atoms with E-state index < -0.39 is 101 Å². The third kappa shape index (κ3) is 8.65. The van der Waals surface area contributed by atoms with Gasteiger partial charge in [-0.25, -0.2) is 8.78 Å². The minimum Gasteiger partial charge on any atom is -0.391 e. The first kappa shape index (κ1) is 42.8. The Morgan fingerprint density at radius 2 is 1.72 bits per heavy atom. The molecule has 17 heteroatoms. The summed E-state index contributed by atoms with van der Waals surface area (Å²) in [5, 5.41) is 19.0. The second-order valence-electron chi connectivity index (χ2n) is 16.5. The Bertz CT molecular complexity index is 1830. The molecule has 0 radical (unpaired) electrons. The molecule has 1 aromatic carbocycles. The van der Waals surface area contributed by atoms with Crippen LogP contribution in [0.3, 0.4) is 0 Å². The van der Waals surface area contributed by atoms with Crippen molar-refractivity contribution in [3.05, 3.63) is 47.5 Å². The van der Waals surface area contributed by atoms with E-state index >= 15 is 4.79 Å². The number of ketones is 1. The number of morpholine rings is 1. The fourth-order valence-electron chi connectivity index (χ4n) is 9.31. The van der Waals surface area contributed by atoms with Crippen LogP contribution in [0.25, 0.3) is 0 Å².